The van der Waals surface area contributed by atoms with E-state index in [4.69, 9.17) is 4.74 Å². The van der Waals surface area contributed by atoms with E-state index >= 15 is 0 Å². The summed E-state index contributed by atoms with van der Waals surface area (Å²) in [7, 11) is 1.75. The second-order valence-corrected chi connectivity index (χ2v) is 5.47. The molecule has 130 valence electrons. The number of non-ortho nitro benzene ring substituents is 1. The lowest BCUT2D eigenvalue weighted by molar-refractivity contribution is -0.384. The Balaban J connectivity index is 2.13. The average molecular weight is 344 g/mol. The molecule has 0 fully saturated rings. The van der Waals surface area contributed by atoms with Crippen molar-refractivity contribution in [1.82, 2.24) is 20.2 Å². The molecule has 1 aromatic carbocycles. The van der Waals surface area contributed by atoms with Gasteiger partial charge in [0.15, 0.2) is 0 Å². The van der Waals surface area contributed by atoms with Gasteiger partial charge in [-0.3, -0.25) is 10.1 Å². The van der Waals surface area contributed by atoms with Gasteiger partial charge < -0.3 is 9.64 Å². The minimum atomic E-state index is -0.515. The van der Waals surface area contributed by atoms with Crippen LogP contribution < -0.4 is 4.90 Å². The van der Waals surface area contributed by atoms with Crippen LogP contribution in [0.25, 0.3) is 5.70 Å². The average Bonchev–Trinajstić information content (AvgIpc) is 3.08. The first-order valence-corrected chi connectivity index (χ1v) is 7.59. The largest absolute Gasteiger partial charge is 0.463 e. The third-order valence-electron chi connectivity index (χ3n) is 4.05. The molecule has 0 N–H and O–H groups in total. The summed E-state index contributed by atoms with van der Waals surface area (Å²) in [6, 6.07) is 5.52. The number of hydrogen-bond acceptors (Lipinski definition) is 8. The molecule has 1 atom stereocenters. The number of fused-ring (bicyclic) bond motifs is 1. The molecule has 0 radical (unpaired) electrons. The summed E-state index contributed by atoms with van der Waals surface area (Å²) in [6.07, 6.45) is 0. The Morgan fingerprint density at radius 3 is 2.64 bits per heavy atom. The number of ether oxygens (including phenoxy) is 1. The number of nitro groups is 1. The number of nitrogens with zero attached hydrogens (tertiary/aromatic N) is 6. The number of carbonyl (C=O) groups excluding carboxylic acids is 1. The molecule has 10 heteroatoms. The molecule has 0 spiro atoms. The summed E-state index contributed by atoms with van der Waals surface area (Å²) >= 11 is 0. The van der Waals surface area contributed by atoms with Gasteiger partial charge >= 0.3 is 5.97 Å². The molecule has 2 aromatic rings. The molecule has 10 nitrogen and oxygen atoms in total. The SMILES string of the molecule is CCOC(=O)C1=C(C)n2nnnc2N(C)C1c1ccc([N+](=O)[O-])cc1. The maximum Gasteiger partial charge on any atom is 0.338 e. The van der Waals surface area contributed by atoms with Gasteiger partial charge in [0.25, 0.3) is 11.6 Å². The lowest BCUT2D eigenvalue weighted by Gasteiger charge is -2.34. The Labute approximate surface area is 142 Å². The highest BCUT2D eigenvalue weighted by molar-refractivity contribution is 5.97. The Kier molecular flexibility index (Phi) is 4.17. The van der Waals surface area contributed by atoms with Crippen molar-refractivity contribution >= 4 is 23.3 Å². The van der Waals surface area contributed by atoms with Crippen molar-refractivity contribution in [3.63, 3.8) is 0 Å². The highest BCUT2D eigenvalue weighted by Crippen LogP contribution is 2.39. The fraction of sp³-hybridized carbons (Fsp3) is 0.333. The third-order valence-corrected chi connectivity index (χ3v) is 4.05. The second kappa shape index (κ2) is 6.30. The van der Waals surface area contributed by atoms with Gasteiger partial charge in [-0.05, 0) is 42.0 Å². The van der Waals surface area contributed by atoms with Crippen LogP contribution in [0, 0.1) is 10.1 Å². The maximum atomic E-state index is 12.5. The molecule has 0 saturated carbocycles. The number of tetrazole rings is 1. The molecule has 3 rings (SSSR count). The second-order valence-electron chi connectivity index (χ2n) is 5.47. The van der Waals surface area contributed by atoms with Crippen molar-refractivity contribution in [2.45, 2.75) is 19.9 Å². The van der Waals surface area contributed by atoms with Crippen molar-refractivity contribution in [3.05, 3.63) is 45.5 Å². The summed E-state index contributed by atoms with van der Waals surface area (Å²) in [5.74, 6) is -0.00902. The van der Waals surface area contributed by atoms with E-state index in [1.54, 1.807) is 37.9 Å². The fourth-order valence-corrected chi connectivity index (χ4v) is 2.88. The summed E-state index contributed by atoms with van der Waals surface area (Å²) in [5.41, 5.74) is 1.62. The molecule has 0 aliphatic carbocycles. The van der Waals surface area contributed by atoms with Crippen LogP contribution in [-0.4, -0.2) is 44.8 Å². The van der Waals surface area contributed by atoms with Gasteiger partial charge in [-0.15, -0.1) is 0 Å². The lowest BCUT2D eigenvalue weighted by Crippen LogP contribution is -2.36. The van der Waals surface area contributed by atoms with Crippen LogP contribution >= 0.6 is 0 Å². The number of esters is 1. The molecule has 0 amide bonds. The highest BCUT2D eigenvalue weighted by atomic mass is 16.6. The van der Waals surface area contributed by atoms with Crippen molar-refractivity contribution in [1.29, 1.82) is 0 Å². The van der Waals surface area contributed by atoms with E-state index in [0.717, 1.165) is 0 Å². The van der Waals surface area contributed by atoms with Gasteiger partial charge in [0.2, 0.25) is 0 Å². The highest BCUT2D eigenvalue weighted by Gasteiger charge is 2.37. The molecule has 0 saturated heterocycles. The number of aromatic nitrogens is 4. The number of anilines is 1. The van der Waals surface area contributed by atoms with Crippen molar-refractivity contribution in [2.75, 3.05) is 18.6 Å². The van der Waals surface area contributed by atoms with E-state index in [2.05, 4.69) is 15.5 Å². The van der Waals surface area contributed by atoms with Gasteiger partial charge in [-0.25, -0.2) is 4.79 Å². The molecular formula is C15H16N6O4. The van der Waals surface area contributed by atoms with Crippen LogP contribution in [0.4, 0.5) is 11.6 Å². The topological polar surface area (TPSA) is 116 Å². The van der Waals surface area contributed by atoms with Gasteiger partial charge in [0, 0.05) is 19.2 Å². The Bertz CT molecular complexity index is 857. The first-order chi connectivity index (χ1) is 12.0. The van der Waals surface area contributed by atoms with Crippen LogP contribution in [0.2, 0.25) is 0 Å². The van der Waals surface area contributed by atoms with Crippen molar-refractivity contribution in [3.8, 4) is 0 Å². The van der Waals surface area contributed by atoms with E-state index in [1.807, 2.05) is 0 Å². The Morgan fingerprint density at radius 1 is 1.36 bits per heavy atom. The monoisotopic (exact) mass is 344 g/mol. The van der Waals surface area contributed by atoms with Crippen LogP contribution in [0.15, 0.2) is 29.8 Å². The van der Waals surface area contributed by atoms with Crippen LogP contribution in [-0.2, 0) is 9.53 Å². The number of rotatable bonds is 4. The summed E-state index contributed by atoms with van der Waals surface area (Å²) < 4.78 is 6.66. The Morgan fingerprint density at radius 2 is 2.04 bits per heavy atom. The maximum absolute atomic E-state index is 12.5. The number of benzene rings is 1. The molecule has 1 aliphatic heterocycles. The minimum Gasteiger partial charge on any atom is -0.463 e. The zero-order valence-electron chi connectivity index (χ0n) is 13.9. The zero-order chi connectivity index (χ0) is 18.1. The predicted octanol–water partition coefficient (Wildman–Crippen LogP) is 1.57. The van der Waals surface area contributed by atoms with Crippen molar-refractivity contribution < 1.29 is 14.5 Å². The minimum absolute atomic E-state index is 0.0227. The summed E-state index contributed by atoms with van der Waals surface area (Å²) in [6.45, 7) is 3.69. The number of nitro benzene ring substituents is 1. The lowest BCUT2D eigenvalue weighted by atomic mass is 9.94. The van der Waals surface area contributed by atoms with Crippen LogP contribution in [0.5, 0.6) is 0 Å². The van der Waals surface area contributed by atoms with Gasteiger partial charge in [-0.1, -0.05) is 5.10 Å². The van der Waals surface area contributed by atoms with E-state index in [1.165, 1.54) is 16.8 Å². The summed E-state index contributed by atoms with van der Waals surface area (Å²) in [4.78, 5) is 24.7. The molecule has 25 heavy (non-hydrogen) atoms. The smallest absolute Gasteiger partial charge is 0.338 e. The third kappa shape index (κ3) is 2.71. The standard InChI is InChI=1S/C15H16N6O4/c1-4-25-14(22)12-9(2)20-15(16-17-18-20)19(3)13(12)10-5-7-11(8-6-10)21(23)24/h5-8,13H,4H2,1-3H3. The molecule has 1 unspecified atom stereocenters. The predicted molar refractivity (Wildman–Crippen MR) is 87.6 cm³/mol. The van der Waals surface area contributed by atoms with Gasteiger partial charge in [0.1, 0.15) is 0 Å². The first kappa shape index (κ1) is 16.6. The van der Waals surface area contributed by atoms with E-state index in [9.17, 15) is 14.9 Å². The van der Waals surface area contributed by atoms with Gasteiger partial charge in [-0.2, -0.15) is 4.68 Å². The molecule has 2 heterocycles. The van der Waals surface area contributed by atoms with E-state index < -0.39 is 16.9 Å². The molecule has 0 bridgehead atoms. The molecule has 1 aromatic heterocycles. The molecule has 1 aliphatic rings. The van der Waals surface area contributed by atoms with Crippen LogP contribution in [0.3, 0.4) is 0 Å². The summed E-state index contributed by atoms with van der Waals surface area (Å²) in [5, 5.41) is 22.4. The van der Waals surface area contributed by atoms with Gasteiger partial charge in [0.05, 0.1) is 28.8 Å². The van der Waals surface area contributed by atoms with E-state index in [-0.39, 0.29) is 12.3 Å². The zero-order valence-corrected chi connectivity index (χ0v) is 13.9. The fourth-order valence-electron chi connectivity index (χ4n) is 2.88. The van der Waals surface area contributed by atoms with Crippen LogP contribution in [0.1, 0.15) is 25.5 Å². The Hall–Kier alpha value is -3.30. The molecular weight excluding hydrogens is 328 g/mol. The van der Waals surface area contributed by atoms with E-state index in [0.29, 0.717) is 22.8 Å². The number of hydrogen-bond donors (Lipinski definition) is 0. The number of likely N-dealkylation sites (N-methyl/N-ethyl adjacent to an activating group) is 1. The number of allylic oxidation sites excluding steroid dienone is 1. The normalized spacial score (nSPS) is 16.6. The van der Waals surface area contributed by atoms with Crippen molar-refractivity contribution in [2.24, 2.45) is 0 Å². The number of carbonyl (C=O) groups is 1. The first-order valence-electron chi connectivity index (χ1n) is 7.59. The quantitative estimate of drug-likeness (QED) is 0.466.